The van der Waals surface area contributed by atoms with Gasteiger partial charge >= 0.3 is 8.56 Å². The molecule has 11 heteroatoms. The minimum absolute atomic E-state index is 0.0114. The van der Waals surface area contributed by atoms with Crippen LogP contribution in [0.25, 0.3) is 10.8 Å². The second-order valence-corrected chi connectivity index (χ2v) is 19.6. The average molecular weight is 627 g/mol. The van der Waals surface area contributed by atoms with Crippen LogP contribution in [0, 0.1) is 12.8 Å². The minimum atomic E-state index is -3.32. The predicted octanol–water partition coefficient (Wildman–Crippen LogP) is 4.59. The van der Waals surface area contributed by atoms with Crippen LogP contribution in [0.2, 0.25) is 10.1 Å². The zero-order valence-electron chi connectivity index (χ0n) is 26.7. The standard InChI is InChI=1S/C33H42O10Si/c1-16-12-19-23-25(21(16)27-28-29(37)32(15-39-32)33(40-27,41-28)17(13-34)14-35)42-44(30(2,3)4,31(5,6)7)43-26(23)22-18(24(19)38-8)10-9-11-20(22)36/h12,17,27-28,34-35H,9-11,13-15H2,1-8H3/t27?,28-,32?,33-/m1/s1. The molecular weight excluding hydrogens is 584 g/mol. The SMILES string of the molecule is COc1c2c(c3c4c(c(C5O[C@]6(C(CO)CO)O[C@H]5C(=O)C65CO5)c(C)cc14)O[Si](C(C)(C)C)(C(C)(C)C)O3)C(=O)CCC2. The fraction of sp³-hybridized carbons (Fsp3) is 0.636. The summed E-state index contributed by atoms with van der Waals surface area (Å²) in [6, 6.07) is 1.98. The van der Waals surface area contributed by atoms with E-state index in [4.69, 9.17) is 27.8 Å². The second kappa shape index (κ2) is 9.26. The van der Waals surface area contributed by atoms with Gasteiger partial charge < -0.3 is 38.0 Å². The molecule has 1 aliphatic carbocycles. The fourth-order valence-electron chi connectivity index (χ4n) is 8.43. The summed E-state index contributed by atoms with van der Waals surface area (Å²) in [4.78, 5) is 27.6. The molecule has 0 aromatic heterocycles. The van der Waals surface area contributed by atoms with Gasteiger partial charge in [-0.3, -0.25) is 9.59 Å². The van der Waals surface area contributed by atoms with Gasteiger partial charge in [-0.1, -0.05) is 41.5 Å². The number of hydrogen-bond acceptors (Lipinski definition) is 10. The molecule has 4 heterocycles. The quantitative estimate of drug-likeness (QED) is 0.359. The molecule has 2 aromatic rings. The molecule has 0 radical (unpaired) electrons. The summed E-state index contributed by atoms with van der Waals surface area (Å²) in [6.07, 6.45) is -0.113. The number of ketones is 2. The monoisotopic (exact) mass is 626 g/mol. The van der Waals surface area contributed by atoms with Gasteiger partial charge in [-0.05, 0) is 31.4 Å². The molecule has 0 saturated carbocycles. The Kier molecular flexibility index (Phi) is 6.34. The number of rotatable bonds is 5. The first-order valence-electron chi connectivity index (χ1n) is 15.5. The molecule has 3 fully saturated rings. The van der Waals surface area contributed by atoms with Gasteiger partial charge in [-0.2, -0.15) is 0 Å². The molecule has 1 spiro atoms. The maximum Gasteiger partial charge on any atom is 0.471 e. The van der Waals surface area contributed by atoms with Crippen LogP contribution < -0.4 is 13.6 Å². The third-order valence-corrected chi connectivity index (χ3v) is 15.3. The van der Waals surface area contributed by atoms with Gasteiger partial charge in [0.25, 0.3) is 0 Å². The molecule has 3 saturated heterocycles. The van der Waals surface area contributed by atoms with E-state index in [1.807, 2.05) is 13.0 Å². The highest BCUT2D eigenvalue weighted by Crippen LogP contribution is 2.65. The van der Waals surface area contributed by atoms with Gasteiger partial charge in [0.15, 0.2) is 11.9 Å². The maximum atomic E-state index is 13.9. The molecule has 4 aliphatic heterocycles. The van der Waals surface area contributed by atoms with Crippen molar-refractivity contribution in [2.24, 2.45) is 5.92 Å². The topological polar surface area (TPSA) is 133 Å². The summed E-state index contributed by atoms with van der Waals surface area (Å²) in [6.45, 7) is 13.8. The Morgan fingerprint density at radius 1 is 1.00 bits per heavy atom. The van der Waals surface area contributed by atoms with E-state index in [9.17, 15) is 19.8 Å². The lowest BCUT2D eigenvalue weighted by atomic mass is 9.80. The Labute approximate surface area is 258 Å². The highest BCUT2D eigenvalue weighted by atomic mass is 28.4. The molecule has 44 heavy (non-hydrogen) atoms. The number of hydrogen-bond donors (Lipinski definition) is 2. The van der Waals surface area contributed by atoms with Crippen molar-refractivity contribution in [1.82, 2.24) is 0 Å². The number of fused-ring (bicyclic) bond motifs is 5. The summed E-state index contributed by atoms with van der Waals surface area (Å²) in [5.74, 6) is -1.14. The highest BCUT2D eigenvalue weighted by Gasteiger charge is 2.83. The van der Waals surface area contributed by atoms with E-state index >= 15 is 0 Å². The third kappa shape index (κ3) is 3.48. The minimum Gasteiger partial charge on any atom is -0.510 e. The largest absolute Gasteiger partial charge is 0.510 e. The van der Waals surface area contributed by atoms with Crippen LogP contribution in [0.1, 0.15) is 87.5 Å². The van der Waals surface area contributed by atoms with Crippen molar-refractivity contribution in [3.8, 4) is 17.2 Å². The van der Waals surface area contributed by atoms with E-state index in [1.54, 1.807) is 7.11 Å². The summed E-state index contributed by atoms with van der Waals surface area (Å²) in [5, 5.41) is 20.9. The van der Waals surface area contributed by atoms with Gasteiger partial charge in [0.05, 0.1) is 43.8 Å². The molecule has 2 aromatic carbocycles. The van der Waals surface area contributed by atoms with Crippen LogP contribution in [-0.4, -0.2) is 74.8 Å². The third-order valence-electron chi connectivity index (χ3n) is 10.4. The van der Waals surface area contributed by atoms with Crippen molar-refractivity contribution in [2.75, 3.05) is 26.9 Å². The number of aryl methyl sites for hydroxylation is 1. The lowest BCUT2D eigenvalue weighted by Gasteiger charge is -2.51. The van der Waals surface area contributed by atoms with Crippen LogP contribution in [0.5, 0.6) is 17.2 Å². The molecular formula is C33H42O10Si. The zero-order chi connectivity index (χ0) is 31.8. The number of benzene rings is 2. The molecule has 2 bridgehead atoms. The van der Waals surface area contributed by atoms with Gasteiger partial charge in [0.1, 0.15) is 23.4 Å². The van der Waals surface area contributed by atoms with Gasteiger partial charge in [0, 0.05) is 33.0 Å². The van der Waals surface area contributed by atoms with Crippen molar-refractivity contribution in [2.45, 2.75) is 101 Å². The lowest BCUT2D eigenvalue weighted by molar-refractivity contribution is -0.239. The van der Waals surface area contributed by atoms with Crippen molar-refractivity contribution in [3.05, 3.63) is 28.3 Å². The molecule has 2 N–H and O–H groups in total. The van der Waals surface area contributed by atoms with Gasteiger partial charge in [0.2, 0.25) is 17.2 Å². The van der Waals surface area contributed by atoms with Crippen molar-refractivity contribution in [1.29, 1.82) is 0 Å². The molecule has 238 valence electrons. The van der Waals surface area contributed by atoms with E-state index in [0.29, 0.717) is 46.6 Å². The number of carbonyl (C=O) groups excluding carboxylic acids is 2. The van der Waals surface area contributed by atoms with E-state index in [1.165, 1.54) is 0 Å². The molecule has 0 amide bonds. The normalized spacial score (nSPS) is 30.2. The number of methoxy groups -OCH3 is 1. The number of Topliss-reactive ketones (excluding diaryl/α,β-unsaturated/α-hetero) is 2. The summed E-state index contributed by atoms with van der Waals surface area (Å²) >= 11 is 0. The van der Waals surface area contributed by atoms with Crippen LogP contribution in [0.15, 0.2) is 6.07 Å². The molecule has 4 atom stereocenters. The van der Waals surface area contributed by atoms with Crippen molar-refractivity contribution >= 4 is 30.9 Å². The Bertz CT molecular complexity index is 1600. The van der Waals surface area contributed by atoms with Crippen LogP contribution >= 0.6 is 0 Å². The Morgan fingerprint density at radius 3 is 2.18 bits per heavy atom. The number of aliphatic hydroxyl groups is 2. The van der Waals surface area contributed by atoms with Crippen molar-refractivity contribution < 1.29 is 47.6 Å². The van der Waals surface area contributed by atoms with Crippen LogP contribution in [0.3, 0.4) is 0 Å². The second-order valence-electron chi connectivity index (χ2n) is 15.0. The first kappa shape index (κ1) is 30.1. The number of aliphatic hydroxyl groups excluding tert-OH is 2. The summed E-state index contributed by atoms with van der Waals surface area (Å²) in [7, 11) is -1.71. The van der Waals surface area contributed by atoms with Crippen LogP contribution in [-0.2, 0) is 25.4 Å². The van der Waals surface area contributed by atoms with E-state index in [-0.39, 0.29) is 18.2 Å². The summed E-state index contributed by atoms with van der Waals surface area (Å²) < 4.78 is 39.2. The fourth-order valence-corrected chi connectivity index (χ4v) is 12.9. The number of ether oxygens (including phenoxy) is 4. The Balaban J connectivity index is 1.55. The summed E-state index contributed by atoms with van der Waals surface area (Å²) in [5.41, 5.74) is 1.47. The van der Waals surface area contributed by atoms with E-state index in [2.05, 4.69) is 41.5 Å². The Hall–Kier alpha value is -2.54. The number of carbonyl (C=O) groups is 2. The zero-order valence-corrected chi connectivity index (χ0v) is 27.7. The number of epoxide rings is 1. The molecule has 5 aliphatic rings. The van der Waals surface area contributed by atoms with E-state index in [0.717, 1.165) is 22.9 Å². The maximum absolute atomic E-state index is 13.9. The van der Waals surface area contributed by atoms with Gasteiger partial charge in [-0.25, -0.2) is 0 Å². The first-order chi connectivity index (χ1) is 20.6. The molecule has 7 rings (SSSR count). The van der Waals surface area contributed by atoms with E-state index < -0.39 is 61.4 Å². The average Bonchev–Trinajstić information content (AvgIpc) is 3.61. The van der Waals surface area contributed by atoms with Crippen molar-refractivity contribution in [3.63, 3.8) is 0 Å². The Morgan fingerprint density at radius 2 is 1.61 bits per heavy atom. The smallest absolute Gasteiger partial charge is 0.471 e. The molecule has 10 nitrogen and oxygen atoms in total. The van der Waals surface area contributed by atoms with Crippen LogP contribution in [0.4, 0.5) is 0 Å². The highest BCUT2D eigenvalue weighted by molar-refractivity contribution is 6.75. The van der Waals surface area contributed by atoms with Gasteiger partial charge in [-0.15, -0.1) is 0 Å². The molecule has 2 unspecified atom stereocenters. The first-order valence-corrected chi connectivity index (χ1v) is 17.3. The predicted molar refractivity (Wildman–Crippen MR) is 162 cm³/mol. The lowest BCUT2D eigenvalue weighted by Crippen LogP contribution is -2.63.